The van der Waals surface area contributed by atoms with E-state index in [1.54, 1.807) is 13.8 Å². The third-order valence-electron chi connectivity index (χ3n) is 3.35. The molecule has 5 heteroatoms. The van der Waals surface area contributed by atoms with Gasteiger partial charge in [0.2, 0.25) is 0 Å². The first-order valence-corrected chi connectivity index (χ1v) is 7.88. The van der Waals surface area contributed by atoms with Gasteiger partial charge in [0.25, 0.3) is 0 Å². The number of benzene rings is 1. The number of hydrogen-bond acceptors (Lipinski definition) is 4. The van der Waals surface area contributed by atoms with Crippen LogP contribution in [0, 0.1) is 0 Å². The van der Waals surface area contributed by atoms with Crippen LogP contribution in [0.15, 0.2) is 24.3 Å². The fraction of sp³-hybridized carbons (Fsp3) is 0.538. The molecular weight excluding hydrogens is 249 g/mol. The molecule has 0 aromatic heterocycles. The van der Waals surface area contributed by atoms with E-state index in [-0.39, 0.29) is 0 Å². The van der Waals surface area contributed by atoms with Crippen LogP contribution in [0.2, 0.25) is 0 Å². The number of rotatable bonds is 5. The summed E-state index contributed by atoms with van der Waals surface area (Å²) in [5.41, 5.74) is 8.45. The summed E-state index contributed by atoms with van der Waals surface area (Å²) in [5, 5.41) is -1.00. The molecule has 1 aliphatic carbocycles. The molecule has 1 aromatic carbocycles. The highest BCUT2D eigenvalue weighted by Crippen LogP contribution is 2.66. The van der Waals surface area contributed by atoms with E-state index in [4.69, 9.17) is 14.8 Å². The standard InChI is InChI=1S/C13H20NO3P/c1-3-16-18(15,17-4-2)13(14)10-9-11-7-5-6-8-12(11)13/h5-8H,3-4,9-10,14H2,1-2H3/t13-/m0/s1. The van der Waals surface area contributed by atoms with Gasteiger partial charge < -0.3 is 14.8 Å². The van der Waals surface area contributed by atoms with Gasteiger partial charge in [0.15, 0.2) is 0 Å². The number of aryl methyl sites for hydroxylation is 1. The van der Waals surface area contributed by atoms with Crippen molar-refractivity contribution in [1.29, 1.82) is 0 Å². The summed E-state index contributed by atoms with van der Waals surface area (Å²) in [6.07, 6.45) is 1.42. The lowest BCUT2D eigenvalue weighted by atomic mass is 10.1. The van der Waals surface area contributed by atoms with Crippen molar-refractivity contribution in [3.8, 4) is 0 Å². The maximum atomic E-state index is 12.9. The Morgan fingerprint density at radius 2 is 1.89 bits per heavy atom. The number of nitrogens with two attached hydrogens (primary N) is 1. The summed E-state index contributed by atoms with van der Waals surface area (Å²) in [6, 6.07) is 7.82. The summed E-state index contributed by atoms with van der Waals surface area (Å²) in [7, 11) is -3.33. The van der Waals surface area contributed by atoms with E-state index in [1.165, 1.54) is 0 Å². The Labute approximate surface area is 108 Å². The fourth-order valence-corrected chi connectivity index (χ4v) is 4.63. The molecule has 100 valence electrons. The second-order valence-corrected chi connectivity index (χ2v) is 6.72. The van der Waals surface area contributed by atoms with Crippen LogP contribution in [0.4, 0.5) is 0 Å². The SMILES string of the molecule is CCOP(=O)(OCC)[C@@]1(N)CCc2ccccc21. The Morgan fingerprint density at radius 1 is 1.28 bits per heavy atom. The van der Waals surface area contributed by atoms with Crippen molar-refractivity contribution in [3.05, 3.63) is 35.4 Å². The minimum atomic E-state index is -3.33. The van der Waals surface area contributed by atoms with Gasteiger partial charge in [-0.3, -0.25) is 4.57 Å². The highest BCUT2D eigenvalue weighted by Gasteiger charge is 2.52. The van der Waals surface area contributed by atoms with Crippen molar-refractivity contribution in [2.75, 3.05) is 13.2 Å². The average Bonchev–Trinajstić information content (AvgIpc) is 2.70. The van der Waals surface area contributed by atoms with Gasteiger partial charge in [-0.05, 0) is 37.8 Å². The molecule has 18 heavy (non-hydrogen) atoms. The van der Waals surface area contributed by atoms with E-state index in [0.29, 0.717) is 19.6 Å². The highest BCUT2D eigenvalue weighted by atomic mass is 31.2. The molecule has 2 N–H and O–H groups in total. The molecule has 0 saturated heterocycles. The number of fused-ring (bicyclic) bond motifs is 1. The van der Waals surface area contributed by atoms with E-state index in [0.717, 1.165) is 17.5 Å². The molecule has 0 radical (unpaired) electrons. The first-order chi connectivity index (χ1) is 8.57. The van der Waals surface area contributed by atoms with E-state index < -0.39 is 12.9 Å². The highest BCUT2D eigenvalue weighted by molar-refractivity contribution is 7.55. The van der Waals surface area contributed by atoms with Gasteiger partial charge in [-0.15, -0.1) is 0 Å². The summed E-state index contributed by atoms with van der Waals surface area (Å²) in [6.45, 7) is 4.27. The molecule has 0 heterocycles. The van der Waals surface area contributed by atoms with Crippen molar-refractivity contribution in [3.63, 3.8) is 0 Å². The van der Waals surface area contributed by atoms with Gasteiger partial charge in [-0.1, -0.05) is 24.3 Å². The molecular formula is C13H20NO3P. The zero-order valence-corrected chi connectivity index (χ0v) is 11.8. The second-order valence-electron chi connectivity index (χ2n) is 4.41. The predicted octanol–water partition coefficient (Wildman–Crippen LogP) is 3.01. The van der Waals surface area contributed by atoms with Crippen LogP contribution >= 0.6 is 7.60 Å². The quantitative estimate of drug-likeness (QED) is 0.835. The fourth-order valence-electron chi connectivity index (χ4n) is 2.51. The third kappa shape index (κ3) is 2.04. The molecule has 0 unspecified atom stereocenters. The minimum Gasteiger partial charge on any atom is -0.311 e. The lowest BCUT2D eigenvalue weighted by molar-refractivity contribution is 0.195. The first-order valence-electron chi connectivity index (χ1n) is 6.34. The lowest BCUT2D eigenvalue weighted by Gasteiger charge is -2.33. The van der Waals surface area contributed by atoms with Gasteiger partial charge in [0.1, 0.15) is 5.28 Å². The van der Waals surface area contributed by atoms with Crippen molar-refractivity contribution < 1.29 is 13.6 Å². The van der Waals surface area contributed by atoms with Crippen molar-refractivity contribution in [2.45, 2.75) is 32.0 Å². The molecule has 0 amide bonds. The Hall–Kier alpha value is -0.670. The van der Waals surface area contributed by atoms with Gasteiger partial charge in [0.05, 0.1) is 13.2 Å². The zero-order chi connectivity index (χ0) is 13.2. The topological polar surface area (TPSA) is 61.5 Å². The molecule has 0 aliphatic heterocycles. The molecule has 1 aliphatic rings. The molecule has 2 rings (SSSR count). The van der Waals surface area contributed by atoms with Crippen LogP contribution < -0.4 is 5.73 Å². The second kappa shape index (κ2) is 5.14. The van der Waals surface area contributed by atoms with Crippen LogP contribution in [0.3, 0.4) is 0 Å². The van der Waals surface area contributed by atoms with Crippen LogP contribution in [-0.4, -0.2) is 13.2 Å². The Bertz CT molecular complexity index is 467. The van der Waals surface area contributed by atoms with Gasteiger partial charge >= 0.3 is 7.60 Å². The van der Waals surface area contributed by atoms with Crippen molar-refractivity contribution in [2.24, 2.45) is 5.73 Å². The zero-order valence-electron chi connectivity index (χ0n) is 10.9. The summed E-state index contributed by atoms with van der Waals surface area (Å²) in [5.74, 6) is 0. The largest absolute Gasteiger partial charge is 0.354 e. The summed E-state index contributed by atoms with van der Waals surface area (Å²) in [4.78, 5) is 0. The predicted molar refractivity (Wildman–Crippen MR) is 71.5 cm³/mol. The van der Waals surface area contributed by atoms with E-state index in [2.05, 4.69) is 0 Å². The van der Waals surface area contributed by atoms with Crippen LogP contribution in [0.5, 0.6) is 0 Å². The maximum Gasteiger partial charge on any atom is 0.354 e. The van der Waals surface area contributed by atoms with E-state index >= 15 is 0 Å². The lowest BCUT2D eigenvalue weighted by Crippen LogP contribution is -2.35. The minimum absolute atomic E-state index is 0.332. The Morgan fingerprint density at radius 3 is 2.50 bits per heavy atom. The average molecular weight is 269 g/mol. The molecule has 1 aromatic rings. The van der Waals surface area contributed by atoms with Crippen molar-refractivity contribution in [1.82, 2.24) is 0 Å². The van der Waals surface area contributed by atoms with Gasteiger partial charge in [-0.2, -0.15) is 0 Å². The van der Waals surface area contributed by atoms with E-state index in [1.807, 2.05) is 24.3 Å². The van der Waals surface area contributed by atoms with Crippen LogP contribution in [-0.2, 0) is 25.3 Å². The van der Waals surface area contributed by atoms with E-state index in [9.17, 15) is 4.57 Å². The molecule has 0 fully saturated rings. The first kappa shape index (κ1) is 13.8. The molecule has 4 nitrogen and oxygen atoms in total. The third-order valence-corrected chi connectivity index (χ3v) is 5.98. The van der Waals surface area contributed by atoms with Gasteiger partial charge in [-0.25, -0.2) is 0 Å². The van der Waals surface area contributed by atoms with Crippen molar-refractivity contribution >= 4 is 7.60 Å². The van der Waals surface area contributed by atoms with Crippen LogP contribution in [0.1, 0.15) is 31.4 Å². The molecule has 0 spiro atoms. The molecule has 1 atom stereocenters. The Balaban J connectivity index is 2.45. The molecule has 0 saturated carbocycles. The monoisotopic (exact) mass is 269 g/mol. The summed E-state index contributed by atoms with van der Waals surface area (Å²) >= 11 is 0. The van der Waals surface area contributed by atoms with Crippen LogP contribution in [0.25, 0.3) is 0 Å². The summed E-state index contributed by atoms with van der Waals surface area (Å²) < 4.78 is 23.8. The Kier molecular flexibility index (Phi) is 3.93. The normalized spacial score (nSPS) is 23.1. The smallest absolute Gasteiger partial charge is 0.311 e. The maximum absolute atomic E-state index is 12.9. The van der Waals surface area contributed by atoms with Gasteiger partial charge in [0, 0.05) is 0 Å². The number of hydrogen-bond donors (Lipinski definition) is 1. The molecule has 0 bridgehead atoms.